The molecule has 0 unspecified atom stereocenters. The van der Waals surface area contributed by atoms with Gasteiger partial charge in [-0.25, -0.2) is 14.5 Å². The molecule has 0 aromatic heterocycles. The Bertz CT molecular complexity index is 570. The van der Waals surface area contributed by atoms with E-state index in [1.165, 1.54) is 0 Å². The van der Waals surface area contributed by atoms with E-state index in [0.717, 1.165) is 16.0 Å². The van der Waals surface area contributed by atoms with Crippen LogP contribution in [0, 0.1) is 0 Å². The van der Waals surface area contributed by atoms with Crippen molar-refractivity contribution in [2.45, 2.75) is 52.2 Å². The molecule has 1 heterocycles. The van der Waals surface area contributed by atoms with Crippen LogP contribution in [0.5, 0.6) is 0 Å². The first-order chi connectivity index (χ1) is 10.8. The molecule has 1 aromatic rings. The molecule has 0 radical (unpaired) electrons. The van der Waals surface area contributed by atoms with Crippen molar-refractivity contribution in [3.05, 3.63) is 35.4 Å². The van der Waals surface area contributed by atoms with Crippen LogP contribution in [0.3, 0.4) is 0 Å². The molecule has 1 aliphatic heterocycles. The summed E-state index contributed by atoms with van der Waals surface area (Å²) in [5.41, 5.74) is 1.78. The van der Waals surface area contributed by atoms with Gasteiger partial charge in [-0.1, -0.05) is 24.3 Å². The molecule has 4 N–H and O–H groups in total. The molecule has 0 saturated carbocycles. The molecule has 2 rings (SSSR count). The smallest absolute Gasteiger partial charge is 0.328 e. The van der Waals surface area contributed by atoms with Crippen molar-refractivity contribution in [2.24, 2.45) is 0 Å². The summed E-state index contributed by atoms with van der Waals surface area (Å²) in [7, 11) is 0. The van der Waals surface area contributed by atoms with Gasteiger partial charge in [-0.15, -0.1) is 0 Å². The van der Waals surface area contributed by atoms with E-state index in [2.05, 4.69) is 16.0 Å². The van der Waals surface area contributed by atoms with Crippen LogP contribution in [0.2, 0.25) is 0 Å². The summed E-state index contributed by atoms with van der Waals surface area (Å²) in [4.78, 5) is 25.1. The minimum absolute atomic E-state index is 0.120. The van der Waals surface area contributed by atoms with E-state index in [1.54, 1.807) is 20.8 Å². The number of carbonyl (C=O) groups is 2. The zero-order valence-electron chi connectivity index (χ0n) is 13.8. The van der Waals surface area contributed by atoms with Gasteiger partial charge in [-0.3, -0.25) is 5.32 Å². The van der Waals surface area contributed by atoms with Gasteiger partial charge in [0.15, 0.2) is 6.29 Å². The first-order valence-corrected chi connectivity index (χ1v) is 7.73. The van der Waals surface area contributed by atoms with Crippen molar-refractivity contribution < 1.29 is 14.7 Å². The highest BCUT2D eigenvalue weighted by Crippen LogP contribution is 2.19. The quantitative estimate of drug-likeness (QED) is 0.666. The lowest BCUT2D eigenvalue weighted by molar-refractivity contribution is 0.146. The van der Waals surface area contributed by atoms with Crippen molar-refractivity contribution in [1.29, 1.82) is 0 Å². The second-order valence-corrected chi connectivity index (χ2v) is 6.03. The SMILES string of the molecule is CC(C)N1C(=O)NC(N[C@@H](C)c2cccc([C@@H](C)O)c2)NC1=O. The molecule has 7 heteroatoms. The highest BCUT2D eigenvalue weighted by Gasteiger charge is 2.33. The fraction of sp³-hybridized carbons (Fsp3) is 0.500. The van der Waals surface area contributed by atoms with Gasteiger partial charge in [-0.2, -0.15) is 0 Å². The minimum atomic E-state index is -0.643. The van der Waals surface area contributed by atoms with Gasteiger partial charge < -0.3 is 15.7 Å². The maximum Gasteiger partial charge on any atom is 0.328 e. The van der Waals surface area contributed by atoms with E-state index in [4.69, 9.17) is 0 Å². The van der Waals surface area contributed by atoms with E-state index < -0.39 is 24.5 Å². The summed E-state index contributed by atoms with van der Waals surface area (Å²) in [6.07, 6.45) is -1.19. The Morgan fingerprint density at radius 1 is 1.09 bits per heavy atom. The number of imide groups is 1. The predicted octanol–water partition coefficient (Wildman–Crippen LogP) is 1.82. The molecule has 23 heavy (non-hydrogen) atoms. The highest BCUT2D eigenvalue weighted by atomic mass is 16.3. The summed E-state index contributed by atoms with van der Waals surface area (Å²) in [6, 6.07) is 6.36. The number of aliphatic hydroxyl groups excluding tert-OH is 1. The Kier molecular flexibility index (Phi) is 5.23. The molecule has 0 bridgehead atoms. The summed E-state index contributed by atoms with van der Waals surface area (Å²) >= 11 is 0. The van der Waals surface area contributed by atoms with Crippen LogP contribution in [0.1, 0.15) is 51.0 Å². The largest absolute Gasteiger partial charge is 0.389 e. The van der Waals surface area contributed by atoms with Crippen LogP contribution in [0.4, 0.5) is 9.59 Å². The second kappa shape index (κ2) is 6.97. The maximum atomic E-state index is 12.0. The Morgan fingerprint density at radius 3 is 2.17 bits per heavy atom. The van der Waals surface area contributed by atoms with Gasteiger partial charge >= 0.3 is 12.1 Å². The Hall–Kier alpha value is -2.12. The molecular weight excluding hydrogens is 296 g/mol. The van der Waals surface area contributed by atoms with E-state index in [-0.39, 0.29) is 12.1 Å². The molecule has 1 saturated heterocycles. The second-order valence-electron chi connectivity index (χ2n) is 6.03. The van der Waals surface area contributed by atoms with Gasteiger partial charge in [0.2, 0.25) is 0 Å². The number of nitrogens with one attached hydrogen (secondary N) is 3. The van der Waals surface area contributed by atoms with Crippen molar-refractivity contribution in [2.75, 3.05) is 0 Å². The molecule has 1 aliphatic rings. The fourth-order valence-electron chi connectivity index (χ4n) is 2.50. The molecule has 0 spiro atoms. The molecule has 1 fully saturated rings. The number of aliphatic hydroxyl groups is 1. The van der Waals surface area contributed by atoms with Gasteiger partial charge in [0.25, 0.3) is 0 Å². The number of amides is 4. The lowest BCUT2D eigenvalue weighted by Gasteiger charge is -2.36. The molecular formula is C16H24N4O3. The van der Waals surface area contributed by atoms with Crippen molar-refractivity contribution in [3.8, 4) is 0 Å². The highest BCUT2D eigenvalue weighted by molar-refractivity contribution is 5.96. The van der Waals surface area contributed by atoms with Gasteiger partial charge in [0, 0.05) is 12.1 Å². The normalized spacial score (nSPS) is 18.6. The van der Waals surface area contributed by atoms with E-state index in [1.807, 2.05) is 31.2 Å². The lowest BCUT2D eigenvalue weighted by Crippen LogP contribution is -2.69. The fourth-order valence-corrected chi connectivity index (χ4v) is 2.50. The molecule has 1 aromatic carbocycles. The van der Waals surface area contributed by atoms with Crippen LogP contribution in [-0.4, -0.2) is 34.4 Å². The van der Waals surface area contributed by atoms with Crippen LogP contribution in [0.15, 0.2) is 24.3 Å². The van der Waals surface area contributed by atoms with Gasteiger partial charge in [0.1, 0.15) is 0 Å². The molecule has 2 atom stereocenters. The van der Waals surface area contributed by atoms with Crippen LogP contribution < -0.4 is 16.0 Å². The minimum Gasteiger partial charge on any atom is -0.389 e. The number of urea groups is 2. The summed E-state index contributed by atoms with van der Waals surface area (Å²) in [5, 5.41) is 18.2. The summed E-state index contributed by atoms with van der Waals surface area (Å²) in [5.74, 6) is 0. The molecule has 7 nitrogen and oxygen atoms in total. The van der Waals surface area contributed by atoms with Crippen molar-refractivity contribution in [1.82, 2.24) is 20.9 Å². The van der Waals surface area contributed by atoms with E-state index in [9.17, 15) is 14.7 Å². The number of benzene rings is 1. The number of carbonyl (C=O) groups excluding carboxylic acids is 2. The monoisotopic (exact) mass is 320 g/mol. The van der Waals surface area contributed by atoms with Crippen molar-refractivity contribution >= 4 is 12.1 Å². The zero-order valence-corrected chi connectivity index (χ0v) is 13.8. The third-order valence-corrected chi connectivity index (χ3v) is 3.80. The number of nitrogens with zero attached hydrogens (tertiary/aromatic N) is 1. The molecule has 126 valence electrons. The first-order valence-electron chi connectivity index (χ1n) is 7.73. The number of hydrogen-bond acceptors (Lipinski definition) is 4. The summed E-state index contributed by atoms with van der Waals surface area (Å²) < 4.78 is 0. The lowest BCUT2D eigenvalue weighted by atomic mass is 10.0. The van der Waals surface area contributed by atoms with E-state index in [0.29, 0.717) is 0 Å². The van der Waals surface area contributed by atoms with Crippen molar-refractivity contribution in [3.63, 3.8) is 0 Å². The third kappa shape index (κ3) is 4.00. The topological polar surface area (TPSA) is 93.7 Å². The number of hydrogen-bond donors (Lipinski definition) is 4. The van der Waals surface area contributed by atoms with Crippen LogP contribution in [0.25, 0.3) is 0 Å². The average Bonchev–Trinajstić information content (AvgIpc) is 2.46. The Balaban J connectivity index is 2.04. The third-order valence-electron chi connectivity index (χ3n) is 3.80. The molecule has 4 amide bonds. The number of rotatable bonds is 5. The predicted molar refractivity (Wildman–Crippen MR) is 86.5 cm³/mol. The molecule has 0 aliphatic carbocycles. The Morgan fingerprint density at radius 2 is 1.65 bits per heavy atom. The Labute approximate surface area is 136 Å². The van der Waals surface area contributed by atoms with Crippen LogP contribution in [-0.2, 0) is 0 Å². The first kappa shape index (κ1) is 17.2. The van der Waals surface area contributed by atoms with Crippen LogP contribution >= 0.6 is 0 Å². The average molecular weight is 320 g/mol. The standard InChI is InChI=1S/C16H24N4O3/c1-9(2)20-15(22)18-14(19-16(20)23)17-10(3)12-6-5-7-13(8-12)11(4)21/h5-11,14,17,21H,1-4H3,(H,18,22)(H,19,23)/t10-,11+/m0/s1. The maximum absolute atomic E-state index is 12.0. The summed E-state index contributed by atoms with van der Waals surface area (Å²) in [6.45, 7) is 7.18. The van der Waals surface area contributed by atoms with Gasteiger partial charge in [-0.05, 0) is 38.8 Å². The van der Waals surface area contributed by atoms with E-state index >= 15 is 0 Å². The zero-order chi connectivity index (χ0) is 17.1. The van der Waals surface area contributed by atoms with Gasteiger partial charge in [0.05, 0.1) is 6.10 Å².